The van der Waals surface area contributed by atoms with E-state index in [1.54, 1.807) is 38.3 Å². The Morgan fingerprint density at radius 1 is 1.11 bits per heavy atom. The van der Waals surface area contributed by atoms with E-state index in [1.807, 2.05) is 31.2 Å². The maximum atomic E-state index is 12.6. The van der Waals surface area contributed by atoms with Crippen molar-refractivity contribution in [2.45, 2.75) is 20.3 Å². The highest BCUT2D eigenvalue weighted by molar-refractivity contribution is 7.16. The molecule has 2 aromatic carbocycles. The van der Waals surface area contributed by atoms with Gasteiger partial charge in [-0.1, -0.05) is 13.0 Å². The SMILES string of the molecule is CCC(=O)Nc1cccc(C(=O)Nc2nc(-c3ccc(OC)cc3)c(C)s2)c1. The third kappa shape index (κ3) is 4.55. The van der Waals surface area contributed by atoms with Gasteiger partial charge in [-0.2, -0.15) is 0 Å². The van der Waals surface area contributed by atoms with Crippen molar-refractivity contribution in [1.29, 1.82) is 0 Å². The molecule has 2 N–H and O–H groups in total. The molecule has 2 amide bonds. The number of rotatable bonds is 6. The standard InChI is InChI=1S/C21H21N3O3S/c1-4-18(25)22-16-7-5-6-15(12-16)20(26)24-21-23-19(13(2)28-21)14-8-10-17(27-3)11-9-14/h5-12H,4H2,1-3H3,(H,22,25)(H,23,24,26). The number of nitrogens with zero attached hydrogens (tertiary/aromatic N) is 1. The molecule has 0 unspecified atom stereocenters. The van der Waals surface area contributed by atoms with E-state index in [2.05, 4.69) is 15.6 Å². The number of amides is 2. The fourth-order valence-electron chi connectivity index (χ4n) is 2.62. The molecule has 0 bridgehead atoms. The molecule has 0 saturated carbocycles. The minimum atomic E-state index is -0.275. The average molecular weight is 395 g/mol. The van der Waals surface area contributed by atoms with E-state index in [1.165, 1.54) is 11.3 Å². The van der Waals surface area contributed by atoms with Crippen LogP contribution >= 0.6 is 11.3 Å². The molecule has 0 aliphatic heterocycles. The number of hydrogen-bond donors (Lipinski definition) is 2. The smallest absolute Gasteiger partial charge is 0.257 e. The number of carbonyl (C=O) groups excluding carboxylic acids is 2. The van der Waals surface area contributed by atoms with E-state index in [9.17, 15) is 9.59 Å². The Labute approximate surface area is 167 Å². The molecule has 0 radical (unpaired) electrons. The molecule has 7 heteroatoms. The van der Waals surface area contributed by atoms with Gasteiger partial charge in [-0.25, -0.2) is 4.98 Å². The summed E-state index contributed by atoms with van der Waals surface area (Å²) in [4.78, 5) is 29.7. The van der Waals surface area contributed by atoms with Crippen LogP contribution in [0.5, 0.6) is 5.75 Å². The molecule has 1 aromatic heterocycles. The highest BCUT2D eigenvalue weighted by Gasteiger charge is 2.14. The lowest BCUT2D eigenvalue weighted by Gasteiger charge is -2.06. The van der Waals surface area contributed by atoms with Crippen molar-refractivity contribution < 1.29 is 14.3 Å². The number of aryl methyl sites for hydroxylation is 1. The maximum absolute atomic E-state index is 12.6. The molecular formula is C21H21N3O3S. The van der Waals surface area contributed by atoms with E-state index in [4.69, 9.17) is 4.74 Å². The Hall–Kier alpha value is -3.19. The molecule has 0 aliphatic carbocycles. The van der Waals surface area contributed by atoms with E-state index < -0.39 is 0 Å². The molecule has 144 valence electrons. The number of nitrogens with one attached hydrogen (secondary N) is 2. The lowest BCUT2D eigenvalue weighted by atomic mass is 10.1. The Morgan fingerprint density at radius 3 is 2.54 bits per heavy atom. The second-order valence-electron chi connectivity index (χ2n) is 6.09. The van der Waals surface area contributed by atoms with Crippen LogP contribution < -0.4 is 15.4 Å². The Morgan fingerprint density at radius 2 is 1.86 bits per heavy atom. The third-order valence-electron chi connectivity index (χ3n) is 4.11. The summed E-state index contributed by atoms with van der Waals surface area (Å²) in [5, 5.41) is 6.11. The van der Waals surface area contributed by atoms with E-state index in [0.29, 0.717) is 22.8 Å². The summed E-state index contributed by atoms with van der Waals surface area (Å²) >= 11 is 1.42. The van der Waals surface area contributed by atoms with Crippen LogP contribution in [0.1, 0.15) is 28.6 Å². The van der Waals surface area contributed by atoms with Crippen LogP contribution in [0.2, 0.25) is 0 Å². The Balaban J connectivity index is 1.76. The third-order valence-corrected chi connectivity index (χ3v) is 5.00. The van der Waals surface area contributed by atoms with Gasteiger partial charge in [-0.05, 0) is 49.4 Å². The molecule has 0 saturated heterocycles. The van der Waals surface area contributed by atoms with Gasteiger partial charge in [0.1, 0.15) is 5.75 Å². The first-order valence-electron chi connectivity index (χ1n) is 8.83. The summed E-state index contributed by atoms with van der Waals surface area (Å²) < 4.78 is 5.18. The second-order valence-corrected chi connectivity index (χ2v) is 7.29. The summed E-state index contributed by atoms with van der Waals surface area (Å²) in [7, 11) is 1.62. The molecule has 28 heavy (non-hydrogen) atoms. The molecule has 3 rings (SSSR count). The Bertz CT molecular complexity index is 996. The van der Waals surface area contributed by atoms with Crippen molar-refractivity contribution in [3.8, 4) is 17.0 Å². The first kappa shape index (κ1) is 19.6. The van der Waals surface area contributed by atoms with E-state index in [0.717, 1.165) is 21.9 Å². The minimum Gasteiger partial charge on any atom is -0.497 e. The molecule has 1 heterocycles. The van der Waals surface area contributed by atoms with E-state index >= 15 is 0 Å². The van der Waals surface area contributed by atoms with E-state index in [-0.39, 0.29) is 11.8 Å². The summed E-state index contributed by atoms with van der Waals surface area (Å²) in [6.45, 7) is 3.74. The fourth-order valence-corrected chi connectivity index (χ4v) is 3.45. The largest absolute Gasteiger partial charge is 0.497 e. The number of anilines is 2. The second kappa shape index (κ2) is 8.67. The van der Waals surface area contributed by atoms with Gasteiger partial charge in [0, 0.05) is 28.1 Å². The molecule has 0 atom stereocenters. The number of ether oxygens (including phenoxy) is 1. The van der Waals surface area contributed by atoms with Crippen molar-refractivity contribution in [3.63, 3.8) is 0 Å². The monoisotopic (exact) mass is 395 g/mol. The van der Waals surface area contributed by atoms with Crippen LogP contribution in [-0.2, 0) is 4.79 Å². The van der Waals surface area contributed by atoms with Crippen LogP contribution in [0.15, 0.2) is 48.5 Å². The lowest BCUT2D eigenvalue weighted by molar-refractivity contribution is -0.115. The van der Waals surface area contributed by atoms with Crippen LogP contribution in [0, 0.1) is 6.92 Å². The highest BCUT2D eigenvalue weighted by atomic mass is 32.1. The molecular weight excluding hydrogens is 374 g/mol. The van der Waals surface area contributed by atoms with Crippen LogP contribution in [-0.4, -0.2) is 23.9 Å². The quantitative estimate of drug-likeness (QED) is 0.632. The number of aromatic nitrogens is 1. The minimum absolute atomic E-state index is 0.0998. The van der Waals surface area contributed by atoms with Gasteiger partial charge in [-0.3, -0.25) is 14.9 Å². The lowest BCUT2D eigenvalue weighted by Crippen LogP contribution is -2.13. The fraction of sp³-hybridized carbons (Fsp3) is 0.190. The molecule has 0 spiro atoms. The first-order chi connectivity index (χ1) is 13.5. The van der Waals surface area contributed by atoms with Gasteiger partial charge in [0.05, 0.1) is 12.8 Å². The van der Waals surface area contributed by atoms with Crippen molar-refractivity contribution in [2.75, 3.05) is 17.7 Å². The van der Waals surface area contributed by atoms with Gasteiger partial charge < -0.3 is 10.1 Å². The van der Waals surface area contributed by atoms with Crippen LogP contribution in [0.25, 0.3) is 11.3 Å². The van der Waals surface area contributed by atoms with Gasteiger partial charge in [0.25, 0.3) is 5.91 Å². The van der Waals surface area contributed by atoms with Gasteiger partial charge in [-0.15, -0.1) is 11.3 Å². The van der Waals surface area contributed by atoms with Crippen molar-refractivity contribution in [1.82, 2.24) is 4.98 Å². The first-order valence-corrected chi connectivity index (χ1v) is 9.65. The summed E-state index contributed by atoms with van der Waals surface area (Å²) in [6.07, 6.45) is 0.378. The molecule has 6 nitrogen and oxygen atoms in total. The molecule has 3 aromatic rings. The topological polar surface area (TPSA) is 80.3 Å². The predicted molar refractivity (Wildman–Crippen MR) is 112 cm³/mol. The zero-order valence-corrected chi connectivity index (χ0v) is 16.7. The maximum Gasteiger partial charge on any atom is 0.257 e. The van der Waals surface area contributed by atoms with Crippen molar-refractivity contribution in [3.05, 3.63) is 59.0 Å². The van der Waals surface area contributed by atoms with Gasteiger partial charge in [0.15, 0.2) is 5.13 Å². The van der Waals surface area contributed by atoms with Gasteiger partial charge in [0.2, 0.25) is 5.91 Å². The Kier molecular flexibility index (Phi) is 6.06. The number of methoxy groups -OCH3 is 1. The number of benzene rings is 2. The zero-order valence-electron chi connectivity index (χ0n) is 15.9. The highest BCUT2D eigenvalue weighted by Crippen LogP contribution is 2.31. The number of hydrogen-bond acceptors (Lipinski definition) is 5. The molecule has 0 aliphatic rings. The van der Waals surface area contributed by atoms with Gasteiger partial charge >= 0.3 is 0 Å². The zero-order chi connectivity index (χ0) is 20.1. The van der Waals surface area contributed by atoms with Crippen molar-refractivity contribution >= 4 is 34.0 Å². The average Bonchev–Trinajstić information content (AvgIpc) is 3.08. The summed E-state index contributed by atoms with van der Waals surface area (Å²) in [5.74, 6) is 0.403. The van der Waals surface area contributed by atoms with Crippen molar-refractivity contribution in [2.24, 2.45) is 0 Å². The number of carbonyl (C=O) groups is 2. The summed E-state index contributed by atoms with van der Waals surface area (Å²) in [5.41, 5.74) is 2.83. The molecule has 0 fully saturated rings. The number of thiazole rings is 1. The normalized spacial score (nSPS) is 10.4. The predicted octanol–water partition coefficient (Wildman–Crippen LogP) is 4.73. The van der Waals surface area contributed by atoms with Crippen LogP contribution in [0.4, 0.5) is 10.8 Å². The summed E-state index contributed by atoms with van der Waals surface area (Å²) in [6, 6.07) is 14.5. The van der Waals surface area contributed by atoms with Crippen LogP contribution in [0.3, 0.4) is 0 Å².